The number of nitrogens with two attached hydrogens (primary N) is 1. The number of likely N-dealkylation sites (N-methyl/N-ethyl adjacent to an activating group) is 1. The lowest BCUT2D eigenvalue weighted by atomic mass is 9.70. The summed E-state index contributed by atoms with van der Waals surface area (Å²) in [5.41, 5.74) is 3.22. The van der Waals surface area contributed by atoms with Crippen LogP contribution < -0.4 is 11.3 Å². The number of hydrogen-bond donors (Lipinski definition) is 2. The Morgan fingerprint density at radius 3 is 2.84 bits per heavy atom. The molecule has 5 nitrogen and oxygen atoms in total. The molecule has 3 rings (SSSR count). The predicted molar refractivity (Wildman–Crippen MR) is 73.6 cm³/mol. The molecule has 5 heteroatoms. The van der Waals surface area contributed by atoms with Crippen molar-refractivity contribution in [2.45, 2.75) is 49.9 Å². The summed E-state index contributed by atoms with van der Waals surface area (Å²) < 4.78 is 12.0. The van der Waals surface area contributed by atoms with E-state index < -0.39 is 0 Å². The maximum atomic E-state index is 6.01. The van der Waals surface area contributed by atoms with Crippen molar-refractivity contribution in [3.8, 4) is 0 Å². The van der Waals surface area contributed by atoms with Gasteiger partial charge in [0.15, 0.2) is 0 Å². The van der Waals surface area contributed by atoms with Crippen molar-refractivity contribution in [3.05, 3.63) is 0 Å². The summed E-state index contributed by atoms with van der Waals surface area (Å²) in [4.78, 5) is 2.33. The Bertz CT molecular complexity index is 309. The van der Waals surface area contributed by atoms with Gasteiger partial charge in [-0.05, 0) is 45.1 Å². The molecule has 19 heavy (non-hydrogen) atoms. The molecule has 0 radical (unpaired) electrons. The van der Waals surface area contributed by atoms with Crippen LogP contribution in [0.3, 0.4) is 0 Å². The Balaban J connectivity index is 1.64. The van der Waals surface area contributed by atoms with Crippen LogP contribution in [-0.4, -0.2) is 56.0 Å². The van der Waals surface area contributed by atoms with Crippen LogP contribution >= 0.6 is 0 Å². The van der Waals surface area contributed by atoms with Gasteiger partial charge in [0.2, 0.25) is 0 Å². The fraction of sp³-hybridized carbons (Fsp3) is 1.00. The van der Waals surface area contributed by atoms with Gasteiger partial charge in [0.05, 0.1) is 24.4 Å². The summed E-state index contributed by atoms with van der Waals surface area (Å²) in [5.74, 6) is 6.42. The van der Waals surface area contributed by atoms with Crippen molar-refractivity contribution in [2.75, 3.05) is 33.4 Å². The molecule has 2 aliphatic heterocycles. The molecule has 3 atom stereocenters. The average molecular weight is 269 g/mol. The molecule has 0 aromatic carbocycles. The van der Waals surface area contributed by atoms with E-state index in [1.54, 1.807) is 0 Å². The number of hydrazine groups is 1. The molecule has 2 heterocycles. The molecule has 0 aromatic heterocycles. The average Bonchev–Trinajstić information content (AvgIpc) is 2.38. The van der Waals surface area contributed by atoms with Gasteiger partial charge in [0.1, 0.15) is 0 Å². The van der Waals surface area contributed by atoms with Crippen LogP contribution in [0.15, 0.2) is 0 Å². The van der Waals surface area contributed by atoms with E-state index in [9.17, 15) is 0 Å². The van der Waals surface area contributed by atoms with E-state index in [4.69, 9.17) is 15.3 Å². The maximum Gasteiger partial charge on any atom is 0.0871 e. The van der Waals surface area contributed by atoms with Crippen LogP contribution in [0.4, 0.5) is 0 Å². The molecular weight excluding hydrogens is 242 g/mol. The fourth-order valence-electron chi connectivity index (χ4n) is 3.87. The lowest BCUT2D eigenvalue weighted by Crippen LogP contribution is -2.59. The maximum absolute atomic E-state index is 6.01. The van der Waals surface area contributed by atoms with E-state index in [2.05, 4.69) is 17.4 Å². The van der Waals surface area contributed by atoms with Gasteiger partial charge in [-0.2, -0.15) is 0 Å². The highest BCUT2D eigenvalue weighted by Gasteiger charge is 2.45. The van der Waals surface area contributed by atoms with Crippen LogP contribution in [0.5, 0.6) is 0 Å². The Kier molecular flexibility index (Phi) is 4.10. The molecule has 1 aliphatic carbocycles. The van der Waals surface area contributed by atoms with Gasteiger partial charge in [-0.3, -0.25) is 11.3 Å². The molecule has 2 saturated heterocycles. The molecule has 1 saturated carbocycles. The minimum atomic E-state index is 0.179. The molecular formula is C14H27N3O2. The zero-order chi connectivity index (χ0) is 13.3. The van der Waals surface area contributed by atoms with Gasteiger partial charge in [-0.15, -0.1) is 0 Å². The number of nitrogens with one attached hydrogen (secondary N) is 1. The molecule has 0 amide bonds. The Morgan fingerprint density at radius 1 is 1.37 bits per heavy atom. The molecule has 3 unspecified atom stereocenters. The smallest absolute Gasteiger partial charge is 0.0871 e. The Hall–Kier alpha value is -0.200. The normalized spacial score (nSPS) is 36.9. The highest BCUT2D eigenvalue weighted by molar-refractivity contribution is 4.98. The SMILES string of the molecule is CN1CCOC(C(NN)C2CCOC3(CCC3)C2)C1. The summed E-state index contributed by atoms with van der Waals surface area (Å²) in [7, 11) is 2.15. The summed E-state index contributed by atoms with van der Waals surface area (Å²) in [6, 6.07) is 0.254. The van der Waals surface area contributed by atoms with Crippen LogP contribution in [-0.2, 0) is 9.47 Å². The number of ether oxygens (including phenoxy) is 2. The van der Waals surface area contributed by atoms with Gasteiger partial charge in [0, 0.05) is 19.7 Å². The van der Waals surface area contributed by atoms with Gasteiger partial charge in [-0.25, -0.2) is 0 Å². The quantitative estimate of drug-likeness (QED) is 0.577. The van der Waals surface area contributed by atoms with Gasteiger partial charge in [0.25, 0.3) is 0 Å². The third-order valence-corrected chi connectivity index (χ3v) is 5.19. The van der Waals surface area contributed by atoms with Gasteiger partial charge >= 0.3 is 0 Å². The number of rotatable bonds is 3. The summed E-state index contributed by atoms with van der Waals surface area (Å²) in [6.45, 7) is 3.68. The minimum Gasteiger partial charge on any atom is -0.375 e. The molecule has 1 spiro atoms. The van der Waals surface area contributed by atoms with Crippen LogP contribution in [0.2, 0.25) is 0 Å². The molecule has 110 valence electrons. The van der Waals surface area contributed by atoms with Crippen molar-refractivity contribution in [1.29, 1.82) is 0 Å². The lowest BCUT2D eigenvalue weighted by molar-refractivity contribution is -0.156. The van der Waals surface area contributed by atoms with Crippen molar-refractivity contribution < 1.29 is 9.47 Å². The minimum absolute atomic E-state index is 0.179. The van der Waals surface area contributed by atoms with Crippen molar-refractivity contribution in [3.63, 3.8) is 0 Å². The second-order valence-corrected chi connectivity index (χ2v) is 6.50. The summed E-state index contributed by atoms with van der Waals surface area (Å²) in [5, 5.41) is 0. The summed E-state index contributed by atoms with van der Waals surface area (Å²) in [6.07, 6.45) is 6.23. The monoisotopic (exact) mass is 269 g/mol. The molecule has 3 aliphatic rings. The number of nitrogens with zero attached hydrogens (tertiary/aromatic N) is 1. The molecule has 3 N–H and O–H groups in total. The molecule has 3 fully saturated rings. The zero-order valence-electron chi connectivity index (χ0n) is 11.9. The predicted octanol–water partition coefficient (Wildman–Crippen LogP) is 0.498. The Labute approximate surface area is 115 Å². The number of hydrogen-bond acceptors (Lipinski definition) is 5. The van der Waals surface area contributed by atoms with E-state index in [1.807, 2.05) is 0 Å². The zero-order valence-corrected chi connectivity index (χ0v) is 11.9. The first-order chi connectivity index (χ1) is 9.22. The van der Waals surface area contributed by atoms with Gasteiger partial charge < -0.3 is 14.4 Å². The summed E-state index contributed by atoms with van der Waals surface area (Å²) >= 11 is 0. The lowest BCUT2D eigenvalue weighted by Gasteiger charge is -2.50. The largest absolute Gasteiger partial charge is 0.375 e. The highest BCUT2D eigenvalue weighted by Crippen LogP contribution is 2.45. The van der Waals surface area contributed by atoms with Crippen LogP contribution in [0.25, 0.3) is 0 Å². The highest BCUT2D eigenvalue weighted by atomic mass is 16.5. The third kappa shape index (κ3) is 2.81. The van der Waals surface area contributed by atoms with Crippen LogP contribution in [0, 0.1) is 5.92 Å². The number of morpholine rings is 1. The van der Waals surface area contributed by atoms with E-state index in [-0.39, 0.29) is 17.7 Å². The third-order valence-electron chi connectivity index (χ3n) is 5.19. The second kappa shape index (κ2) is 5.66. The second-order valence-electron chi connectivity index (χ2n) is 6.50. The molecule has 0 bridgehead atoms. The van der Waals surface area contributed by atoms with Gasteiger partial charge in [-0.1, -0.05) is 0 Å². The topological polar surface area (TPSA) is 59.8 Å². The first kappa shape index (κ1) is 13.8. The Morgan fingerprint density at radius 2 is 2.21 bits per heavy atom. The van der Waals surface area contributed by atoms with Crippen LogP contribution in [0.1, 0.15) is 32.1 Å². The van der Waals surface area contributed by atoms with E-state index in [1.165, 1.54) is 19.3 Å². The van der Waals surface area contributed by atoms with E-state index in [0.29, 0.717) is 5.92 Å². The molecule has 0 aromatic rings. The fourth-order valence-corrected chi connectivity index (χ4v) is 3.87. The van der Waals surface area contributed by atoms with Crippen molar-refractivity contribution >= 4 is 0 Å². The van der Waals surface area contributed by atoms with Crippen molar-refractivity contribution in [2.24, 2.45) is 11.8 Å². The van der Waals surface area contributed by atoms with E-state index >= 15 is 0 Å². The first-order valence-electron chi connectivity index (χ1n) is 7.63. The first-order valence-corrected chi connectivity index (χ1v) is 7.63. The van der Waals surface area contributed by atoms with Crippen molar-refractivity contribution in [1.82, 2.24) is 10.3 Å². The standard InChI is InChI=1S/C14H27N3O2/c1-17-6-8-18-12(10-17)13(16-15)11-3-7-19-14(9-11)4-2-5-14/h11-13,16H,2-10,15H2,1H3. The van der Waals surface area contributed by atoms with E-state index in [0.717, 1.165) is 39.1 Å².